The van der Waals surface area contributed by atoms with E-state index in [-0.39, 0.29) is 12.4 Å². The molecule has 27 heavy (non-hydrogen) atoms. The first kappa shape index (κ1) is 20.3. The van der Waals surface area contributed by atoms with Crippen LogP contribution < -0.4 is 4.74 Å². The van der Waals surface area contributed by atoms with E-state index >= 15 is 0 Å². The maximum Gasteiger partial charge on any atom is 0.387 e. The molecule has 2 aliphatic rings. The Morgan fingerprint density at radius 3 is 2.04 bits per heavy atom. The van der Waals surface area contributed by atoms with E-state index in [1.165, 1.54) is 56.9 Å². The van der Waals surface area contributed by atoms with Crippen molar-refractivity contribution >= 4 is 0 Å². The van der Waals surface area contributed by atoms with Crippen molar-refractivity contribution in [3.05, 3.63) is 42.0 Å². The Labute approximate surface area is 161 Å². The van der Waals surface area contributed by atoms with Crippen LogP contribution in [0.4, 0.5) is 13.2 Å². The van der Waals surface area contributed by atoms with E-state index in [9.17, 15) is 13.2 Å². The highest BCUT2D eigenvalue weighted by molar-refractivity contribution is 5.29. The molecule has 150 valence electrons. The third-order valence-corrected chi connectivity index (χ3v) is 6.52. The van der Waals surface area contributed by atoms with Gasteiger partial charge < -0.3 is 4.74 Å². The SMILES string of the molecule is FCCC=CC1CCC(C2CCC(c3ccc(OC(F)F)cc3)CC2)CC1. The first-order chi connectivity index (χ1) is 13.2. The average molecular weight is 380 g/mol. The molecular weight excluding hydrogens is 349 g/mol. The third-order valence-electron chi connectivity index (χ3n) is 6.52. The van der Waals surface area contributed by atoms with Crippen LogP contribution in [0.15, 0.2) is 36.4 Å². The molecule has 0 amide bonds. The Hall–Kier alpha value is -1.45. The van der Waals surface area contributed by atoms with E-state index in [0.717, 1.165) is 11.8 Å². The molecule has 3 rings (SSSR count). The van der Waals surface area contributed by atoms with Gasteiger partial charge >= 0.3 is 6.61 Å². The lowest BCUT2D eigenvalue weighted by atomic mass is 9.68. The summed E-state index contributed by atoms with van der Waals surface area (Å²) in [5.74, 6) is 3.11. The van der Waals surface area contributed by atoms with Gasteiger partial charge in [0.2, 0.25) is 0 Å². The molecule has 2 saturated carbocycles. The maximum absolute atomic E-state index is 12.3. The van der Waals surface area contributed by atoms with Crippen molar-refractivity contribution in [3.63, 3.8) is 0 Å². The normalized spacial score (nSPS) is 29.3. The molecule has 0 bridgehead atoms. The van der Waals surface area contributed by atoms with Gasteiger partial charge in [-0.2, -0.15) is 8.78 Å². The van der Waals surface area contributed by atoms with Crippen LogP contribution >= 0.6 is 0 Å². The highest BCUT2D eigenvalue weighted by Crippen LogP contribution is 2.44. The zero-order valence-electron chi connectivity index (χ0n) is 16.0. The van der Waals surface area contributed by atoms with Crippen molar-refractivity contribution in [1.29, 1.82) is 0 Å². The lowest BCUT2D eigenvalue weighted by molar-refractivity contribution is -0.0498. The summed E-state index contributed by atoms with van der Waals surface area (Å²) in [5.41, 5.74) is 1.25. The van der Waals surface area contributed by atoms with Gasteiger partial charge in [-0.1, -0.05) is 24.3 Å². The van der Waals surface area contributed by atoms with E-state index in [4.69, 9.17) is 0 Å². The molecule has 0 heterocycles. The molecule has 1 aromatic rings. The molecule has 2 aliphatic carbocycles. The Kier molecular flexibility index (Phi) is 7.66. The largest absolute Gasteiger partial charge is 0.435 e. The van der Waals surface area contributed by atoms with Gasteiger partial charge in [-0.15, -0.1) is 0 Å². The van der Waals surface area contributed by atoms with Crippen LogP contribution in [0.5, 0.6) is 5.75 Å². The van der Waals surface area contributed by atoms with Crippen LogP contribution in [0.3, 0.4) is 0 Å². The summed E-state index contributed by atoms with van der Waals surface area (Å²) in [5, 5.41) is 0. The fourth-order valence-corrected chi connectivity index (χ4v) is 5.01. The molecule has 0 N–H and O–H groups in total. The number of alkyl halides is 3. The van der Waals surface area contributed by atoms with Crippen molar-refractivity contribution < 1.29 is 17.9 Å². The molecule has 4 heteroatoms. The summed E-state index contributed by atoms with van der Waals surface area (Å²) < 4.78 is 41.1. The average Bonchev–Trinajstić information content (AvgIpc) is 2.69. The van der Waals surface area contributed by atoms with Crippen molar-refractivity contribution in [3.8, 4) is 5.75 Å². The summed E-state index contributed by atoms with van der Waals surface area (Å²) >= 11 is 0. The lowest BCUT2D eigenvalue weighted by Gasteiger charge is -2.37. The fraction of sp³-hybridized carbons (Fsp3) is 0.652. The highest BCUT2D eigenvalue weighted by Gasteiger charge is 2.30. The standard InChI is InChI=1S/C23H31F3O/c24-16-2-1-3-17-4-6-18(7-5-17)19-8-10-20(11-9-19)21-12-14-22(15-13-21)27-23(25)26/h1,3,12-15,17-20,23H,2,4-11,16H2. The predicted molar refractivity (Wildman–Crippen MR) is 103 cm³/mol. The van der Waals surface area contributed by atoms with E-state index in [0.29, 0.717) is 18.3 Å². The number of benzene rings is 1. The predicted octanol–water partition coefficient (Wildman–Crippen LogP) is 7.28. The van der Waals surface area contributed by atoms with Gasteiger partial charge in [0, 0.05) is 0 Å². The quantitative estimate of drug-likeness (QED) is 0.451. The minimum Gasteiger partial charge on any atom is -0.435 e. The lowest BCUT2D eigenvalue weighted by Crippen LogP contribution is -2.25. The van der Waals surface area contributed by atoms with Gasteiger partial charge in [0.15, 0.2) is 0 Å². The monoisotopic (exact) mass is 380 g/mol. The molecule has 2 fully saturated rings. The zero-order chi connectivity index (χ0) is 19.1. The molecule has 0 radical (unpaired) electrons. The second kappa shape index (κ2) is 10.2. The second-order valence-corrected chi connectivity index (χ2v) is 8.14. The topological polar surface area (TPSA) is 9.23 Å². The summed E-state index contributed by atoms with van der Waals surface area (Å²) in [6.45, 7) is -3.02. The summed E-state index contributed by atoms with van der Waals surface area (Å²) in [4.78, 5) is 0. The molecular formula is C23H31F3O. The Balaban J connectivity index is 1.43. The Bertz CT molecular complexity index is 568. The summed E-state index contributed by atoms with van der Waals surface area (Å²) in [7, 11) is 0. The summed E-state index contributed by atoms with van der Waals surface area (Å²) in [6.07, 6.45) is 14.8. The van der Waals surface area contributed by atoms with E-state index in [1.807, 2.05) is 18.2 Å². The van der Waals surface area contributed by atoms with E-state index < -0.39 is 6.61 Å². The van der Waals surface area contributed by atoms with Gasteiger partial charge in [0.1, 0.15) is 5.75 Å². The van der Waals surface area contributed by atoms with E-state index in [2.05, 4.69) is 10.8 Å². The molecule has 1 nitrogen and oxygen atoms in total. The Morgan fingerprint density at radius 2 is 1.48 bits per heavy atom. The maximum atomic E-state index is 12.3. The summed E-state index contributed by atoms with van der Waals surface area (Å²) in [6, 6.07) is 7.20. The fourth-order valence-electron chi connectivity index (χ4n) is 5.01. The minimum absolute atomic E-state index is 0.236. The van der Waals surface area contributed by atoms with Crippen LogP contribution in [-0.2, 0) is 0 Å². The molecule has 1 aromatic carbocycles. The highest BCUT2D eigenvalue weighted by atomic mass is 19.3. The molecule has 0 saturated heterocycles. The number of ether oxygens (including phenoxy) is 1. The third kappa shape index (κ3) is 6.02. The van der Waals surface area contributed by atoms with Gasteiger partial charge in [-0.3, -0.25) is 4.39 Å². The smallest absolute Gasteiger partial charge is 0.387 e. The number of allylic oxidation sites excluding steroid dienone is 2. The van der Waals surface area contributed by atoms with Gasteiger partial charge in [0.05, 0.1) is 6.67 Å². The van der Waals surface area contributed by atoms with Gasteiger partial charge in [0.25, 0.3) is 0 Å². The van der Waals surface area contributed by atoms with Crippen LogP contribution in [0.25, 0.3) is 0 Å². The molecule has 0 spiro atoms. The van der Waals surface area contributed by atoms with Crippen LogP contribution in [0.2, 0.25) is 0 Å². The van der Waals surface area contributed by atoms with Crippen molar-refractivity contribution in [1.82, 2.24) is 0 Å². The minimum atomic E-state index is -2.76. The number of halogens is 3. The second-order valence-electron chi connectivity index (χ2n) is 8.14. The molecule has 0 unspecified atom stereocenters. The number of hydrogen-bond donors (Lipinski definition) is 0. The van der Waals surface area contributed by atoms with Crippen LogP contribution in [0, 0.1) is 17.8 Å². The van der Waals surface area contributed by atoms with Gasteiger partial charge in [-0.25, -0.2) is 0 Å². The Morgan fingerprint density at radius 1 is 0.889 bits per heavy atom. The molecule has 0 aliphatic heterocycles. The zero-order valence-corrected chi connectivity index (χ0v) is 16.0. The van der Waals surface area contributed by atoms with E-state index in [1.54, 1.807) is 12.1 Å². The first-order valence-corrected chi connectivity index (χ1v) is 10.4. The van der Waals surface area contributed by atoms with Crippen molar-refractivity contribution in [2.24, 2.45) is 17.8 Å². The number of hydrogen-bond acceptors (Lipinski definition) is 1. The number of rotatable bonds is 7. The van der Waals surface area contributed by atoms with Crippen LogP contribution in [0.1, 0.15) is 69.3 Å². The molecule has 0 atom stereocenters. The first-order valence-electron chi connectivity index (χ1n) is 10.4. The van der Waals surface area contributed by atoms with Crippen molar-refractivity contribution in [2.45, 2.75) is 70.3 Å². The van der Waals surface area contributed by atoms with Gasteiger partial charge in [-0.05, 0) is 99.2 Å². The molecule has 0 aromatic heterocycles. The van der Waals surface area contributed by atoms with Crippen LogP contribution in [-0.4, -0.2) is 13.3 Å². The van der Waals surface area contributed by atoms with Crippen molar-refractivity contribution in [2.75, 3.05) is 6.67 Å².